The number of halogens is 2. The minimum absolute atomic E-state index is 0.0835. The van der Waals surface area contributed by atoms with Gasteiger partial charge in [-0.15, -0.1) is 0 Å². The number of hydrogen-bond donors (Lipinski definition) is 0. The monoisotopic (exact) mass is 433 g/mol. The third-order valence-electron chi connectivity index (χ3n) is 7.24. The summed E-state index contributed by atoms with van der Waals surface area (Å²) >= 11 is 12.5. The van der Waals surface area contributed by atoms with E-state index >= 15 is 0 Å². The lowest BCUT2D eigenvalue weighted by Gasteiger charge is -2.43. The summed E-state index contributed by atoms with van der Waals surface area (Å²) in [5.74, 6) is 3.05. The molecule has 1 aromatic heterocycles. The quantitative estimate of drug-likeness (QED) is 0.599. The Bertz CT molecular complexity index is 992. The average molecular weight is 434 g/mol. The van der Waals surface area contributed by atoms with Gasteiger partial charge in [0.2, 0.25) is 0 Å². The van der Waals surface area contributed by atoms with E-state index in [2.05, 4.69) is 18.7 Å². The standard InChI is InChI=1S/C23H29Cl2N3O/c1-14-12-15(2)23(13-14)8-10-27(11-9-23)21-16(3)22(29)28(17(4)26-21)19-7-5-6-18(24)20(19)25/h5-7,14-15H,8-13H2,1-4H3/t14-,15-/m1/s1. The number of benzene rings is 1. The highest BCUT2D eigenvalue weighted by Gasteiger charge is 2.45. The highest BCUT2D eigenvalue weighted by molar-refractivity contribution is 6.43. The molecule has 1 saturated heterocycles. The molecule has 0 N–H and O–H groups in total. The van der Waals surface area contributed by atoms with Gasteiger partial charge in [0.1, 0.15) is 11.6 Å². The summed E-state index contributed by atoms with van der Waals surface area (Å²) in [7, 11) is 0. The van der Waals surface area contributed by atoms with Crippen LogP contribution in [0.2, 0.25) is 10.0 Å². The number of nitrogens with zero attached hydrogens (tertiary/aromatic N) is 3. The zero-order valence-electron chi connectivity index (χ0n) is 17.6. The summed E-state index contributed by atoms with van der Waals surface area (Å²) in [6.45, 7) is 10.4. The first-order valence-electron chi connectivity index (χ1n) is 10.5. The van der Waals surface area contributed by atoms with Crippen molar-refractivity contribution in [3.8, 4) is 5.69 Å². The number of aromatic nitrogens is 2. The molecule has 1 aliphatic carbocycles. The molecular weight excluding hydrogens is 405 g/mol. The van der Waals surface area contributed by atoms with Crippen molar-refractivity contribution in [2.75, 3.05) is 18.0 Å². The molecule has 4 nitrogen and oxygen atoms in total. The van der Waals surface area contributed by atoms with Gasteiger partial charge in [0, 0.05) is 13.1 Å². The van der Waals surface area contributed by atoms with E-state index in [4.69, 9.17) is 28.2 Å². The molecule has 2 atom stereocenters. The average Bonchev–Trinajstić information content (AvgIpc) is 2.95. The lowest BCUT2D eigenvalue weighted by Crippen LogP contribution is -2.43. The van der Waals surface area contributed by atoms with Crippen LogP contribution in [0.25, 0.3) is 5.69 Å². The highest BCUT2D eigenvalue weighted by Crippen LogP contribution is 2.52. The molecule has 156 valence electrons. The van der Waals surface area contributed by atoms with E-state index in [0.717, 1.165) is 30.7 Å². The van der Waals surface area contributed by atoms with Gasteiger partial charge in [-0.3, -0.25) is 9.36 Å². The zero-order chi connectivity index (χ0) is 20.9. The van der Waals surface area contributed by atoms with Crippen LogP contribution in [-0.4, -0.2) is 22.6 Å². The molecule has 2 aromatic rings. The predicted octanol–water partition coefficient (Wildman–Crippen LogP) is 5.81. The largest absolute Gasteiger partial charge is 0.356 e. The van der Waals surface area contributed by atoms with Gasteiger partial charge in [0.05, 0.1) is 21.3 Å². The fraction of sp³-hybridized carbons (Fsp3) is 0.565. The molecular formula is C23H29Cl2N3O. The van der Waals surface area contributed by atoms with Crippen LogP contribution >= 0.6 is 23.2 Å². The number of piperidine rings is 1. The molecule has 1 spiro atoms. The third kappa shape index (κ3) is 3.48. The molecule has 1 aliphatic heterocycles. The van der Waals surface area contributed by atoms with Gasteiger partial charge >= 0.3 is 0 Å². The normalized spacial score (nSPS) is 23.7. The van der Waals surface area contributed by atoms with Gasteiger partial charge in [-0.2, -0.15) is 0 Å². The first-order chi connectivity index (χ1) is 13.7. The van der Waals surface area contributed by atoms with Crippen molar-refractivity contribution in [3.63, 3.8) is 0 Å². The van der Waals surface area contributed by atoms with Crippen LogP contribution in [0.4, 0.5) is 5.82 Å². The van der Waals surface area contributed by atoms with E-state index in [1.165, 1.54) is 25.7 Å². The highest BCUT2D eigenvalue weighted by atomic mass is 35.5. The molecule has 29 heavy (non-hydrogen) atoms. The first kappa shape index (κ1) is 20.7. The molecule has 0 bridgehead atoms. The Labute approximate surface area is 182 Å². The summed E-state index contributed by atoms with van der Waals surface area (Å²) in [6.07, 6.45) is 5.04. The molecule has 2 fully saturated rings. The first-order valence-corrected chi connectivity index (χ1v) is 11.3. The van der Waals surface area contributed by atoms with E-state index < -0.39 is 0 Å². The molecule has 1 aromatic carbocycles. The lowest BCUT2D eigenvalue weighted by molar-refractivity contribution is 0.159. The molecule has 2 aliphatic rings. The van der Waals surface area contributed by atoms with E-state index in [1.807, 2.05) is 13.8 Å². The summed E-state index contributed by atoms with van der Waals surface area (Å²) in [4.78, 5) is 20.4. The van der Waals surface area contributed by atoms with Crippen molar-refractivity contribution >= 4 is 29.0 Å². The molecule has 0 radical (unpaired) electrons. The Morgan fingerprint density at radius 2 is 1.83 bits per heavy atom. The number of anilines is 1. The van der Waals surface area contributed by atoms with Crippen molar-refractivity contribution in [1.82, 2.24) is 9.55 Å². The lowest BCUT2D eigenvalue weighted by atomic mass is 9.71. The fourth-order valence-electron chi connectivity index (χ4n) is 5.65. The third-order valence-corrected chi connectivity index (χ3v) is 8.05. The van der Waals surface area contributed by atoms with Gasteiger partial charge in [-0.25, -0.2) is 4.98 Å². The Kier molecular flexibility index (Phi) is 5.45. The molecule has 0 amide bonds. The van der Waals surface area contributed by atoms with Crippen LogP contribution in [0.15, 0.2) is 23.0 Å². The zero-order valence-corrected chi connectivity index (χ0v) is 19.1. The van der Waals surface area contributed by atoms with Crippen molar-refractivity contribution in [1.29, 1.82) is 0 Å². The molecule has 6 heteroatoms. The van der Waals surface area contributed by atoms with E-state index in [1.54, 1.807) is 22.8 Å². The van der Waals surface area contributed by atoms with Crippen LogP contribution in [0.1, 0.15) is 50.9 Å². The van der Waals surface area contributed by atoms with Crippen molar-refractivity contribution < 1.29 is 0 Å². The Balaban J connectivity index is 1.66. The molecule has 4 rings (SSSR count). The van der Waals surface area contributed by atoms with Gasteiger partial charge in [-0.1, -0.05) is 43.1 Å². The van der Waals surface area contributed by atoms with E-state index in [-0.39, 0.29) is 5.56 Å². The van der Waals surface area contributed by atoms with Gasteiger partial charge < -0.3 is 4.90 Å². The molecule has 1 saturated carbocycles. The summed E-state index contributed by atoms with van der Waals surface area (Å²) < 4.78 is 1.57. The Morgan fingerprint density at radius 1 is 1.14 bits per heavy atom. The van der Waals surface area contributed by atoms with Gasteiger partial charge in [-0.05, 0) is 68.9 Å². The second kappa shape index (κ2) is 7.63. The SMILES string of the molecule is Cc1c(N2CCC3(CC2)C[C@H](C)C[C@H]3C)nc(C)n(-c2cccc(Cl)c2Cl)c1=O. The number of rotatable bonds is 2. The summed E-state index contributed by atoms with van der Waals surface area (Å²) in [6, 6.07) is 5.32. The maximum Gasteiger partial charge on any atom is 0.263 e. The van der Waals surface area contributed by atoms with Crippen molar-refractivity contribution in [3.05, 3.63) is 50.0 Å². The number of aryl methyl sites for hydroxylation is 1. The van der Waals surface area contributed by atoms with Crippen LogP contribution in [-0.2, 0) is 0 Å². The van der Waals surface area contributed by atoms with Crippen LogP contribution in [0, 0.1) is 31.1 Å². The second-order valence-corrected chi connectivity index (χ2v) is 9.90. The van der Waals surface area contributed by atoms with Crippen LogP contribution in [0.3, 0.4) is 0 Å². The van der Waals surface area contributed by atoms with E-state index in [0.29, 0.717) is 32.5 Å². The van der Waals surface area contributed by atoms with Crippen molar-refractivity contribution in [2.45, 2.75) is 53.4 Å². The van der Waals surface area contributed by atoms with E-state index in [9.17, 15) is 4.79 Å². The second-order valence-electron chi connectivity index (χ2n) is 9.12. The fourth-order valence-corrected chi connectivity index (χ4v) is 6.03. The summed E-state index contributed by atoms with van der Waals surface area (Å²) in [5, 5.41) is 0.802. The van der Waals surface area contributed by atoms with Crippen LogP contribution in [0.5, 0.6) is 0 Å². The summed E-state index contributed by atoms with van der Waals surface area (Å²) in [5.41, 5.74) is 1.63. The van der Waals surface area contributed by atoms with Crippen molar-refractivity contribution in [2.24, 2.45) is 17.3 Å². The molecule has 0 unspecified atom stereocenters. The minimum atomic E-state index is -0.0835. The Morgan fingerprint density at radius 3 is 2.45 bits per heavy atom. The number of hydrogen-bond acceptors (Lipinski definition) is 3. The maximum atomic E-state index is 13.3. The Hall–Kier alpha value is -1.52. The molecule has 2 heterocycles. The topological polar surface area (TPSA) is 38.1 Å². The smallest absolute Gasteiger partial charge is 0.263 e. The maximum absolute atomic E-state index is 13.3. The minimum Gasteiger partial charge on any atom is -0.356 e. The van der Waals surface area contributed by atoms with Gasteiger partial charge in [0.25, 0.3) is 5.56 Å². The van der Waals surface area contributed by atoms with Crippen LogP contribution < -0.4 is 10.5 Å². The van der Waals surface area contributed by atoms with Gasteiger partial charge in [0.15, 0.2) is 0 Å². The predicted molar refractivity (Wildman–Crippen MR) is 121 cm³/mol.